The lowest BCUT2D eigenvalue weighted by atomic mass is 9.47. The lowest BCUT2D eigenvalue weighted by Gasteiger charge is -2.61. The molecule has 2 unspecified atom stereocenters. The largest absolute Gasteiger partial charge is 0.353 e. The van der Waals surface area contributed by atoms with Crippen molar-refractivity contribution in [3.8, 4) is 0 Å². The van der Waals surface area contributed by atoms with Gasteiger partial charge in [-0.3, -0.25) is 4.79 Å². The van der Waals surface area contributed by atoms with Gasteiger partial charge in [-0.2, -0.15) is 0 Å². The molecule has 0 aromatic carbocycles. The average Bonchev–Trinajstić information content (AvgIpc) is 2.51. The van der Waals surface area contributed by atoms with Crippen LogP contribution in [0.4, 0.5) is 0 Å². The summed E-state index contributed by atoms with van der Waals surface area (Å²) in [6.45, 7) is 2.36. The molecule has 8 aliphatic rings. The van der Waals surface area contributed by atoms with Gasteiger partial charge >= 0.3 is 0 Å². The minimum atomic E-state index is -0.0515. The average molecular weight is 420 g/mol. The molecule has 5 atom stereocenters. The summed E-state index contributed by atoms with van der Waals surface area (Å²) >= 11 is 4.08. The van der Waals surface area contributed by atoms with Crippen LogP contribution in [0, 0.1) is 40.4 Å². The number of rotatable bonds is 3. The maximum Gasteiger partial charge on any atom is 0.226 e. The molecule has 26 heavy (non-hydrogen) atoms. The van der Waals surface area contributed by atoms with Crippen molar-refractivity contribution in [2.75, 3.05) is 0 Å². The molecule has 0 saturated heterocycles. The molecule has 8 saturated carbocycles. The van der Waals surface area contributed by atoms with E-state index in [4.69, 9.17) is 0 Å². The molecule has 144 valence electrons. The Morgan fingerprint density at radius 3 is 1.85 bits per heavy atom. The van der Waals surface area contributed by atoms with Gasteiger partial charge < -0.3 is 5.32 Å². The SMILES string of the molecule is C[C@H](NC(=O)C12C[C@@H]3C[C@@H](CC(Br)(C3)C1)C2)C12CC3CC(CC(C3)C1)C2. The summed E-state index contributed by atoms with van der Waals surface area (Å²) in [5.41, 5.74) is 0.378. The number of carbonyl (C=O) groups excluding carboxylic acids is 1. The first-order valence-electron chi connectivity index (χ1n) is 11.4. The van der Waals surface area contributed by atoms with Crippen LogP contribution in [0.25, 0.3) is 0 Å². The van der Waals surface area contributed by atoms with Crippen molar-refractivity contribution in [2.45, 2.75) is 94.3 Å². The summed E-state index contributed by atoms with van der Waals surface area (Å²) in [4.78, 5) is 13.6. The van der Waals surface area contributed by atoms with Crippen LogP contribution < -0.4 is 5.32 Å². The number of nitrogens with one attached hydrogen (secondary N) is 1. The van der Waals surface area contributed by atoms with Gasteiger partial charge in [-0.1, -0.05) is 15.9 Å². The molecule has 8 fully saturated rings. The Morgan fingerprint density at radius 2 is 1.35 bits per heavy atom. The van der Waals surface area contributed by atoms with Crippen molar-refractivity contribution in [3.05, 3.63) is 0 Å². The number of hydrogen-bond acceptors (Lipinski definition) is 1. The van der Waals surface area contributed by atoms with Crippen molar-refractivity contribution in [1.82, 2.24) is 5.32 Å². The third kappa shape index (κ3) is 2.37. The van der Waals surface area contributed by atoms with E-state index in [1.165, 1.54) is 57.8 Å². The molecular weight excluding hydrogens is 386 g/mol. The molecule has 8 rings (SSSR count). The maximum absolute atomic E-state index is 13.6. The van der Waals surface area contributed by atoms with Crippen molar-refractivity contribution in [3.63, 3.8) is 0 Å². The normalized spacial score (nSPS) is 57.4. The van der Waals surface area contributed by atoms with Crippen LogP contribution in [0.3, 0.4) is 0 Å². The Bertz CT molecular complexity index is 593. The summed E-state index contributed by atoms with van der Waals surface area (Å²) in [5, 5.41) is 3.65. The van der Waals surface area contributed by atoms with Gasteiger partial charge in [0, 0.05) is 10.4 Å². The zero-order valence-electron chi connectivity index (χ0n) is 16.2. The first-order chi connectivity index (χ1) is 12.4. The van der Waals surface area contributed by atoms with Crippen LogP contribution in [-0.2, 0) is 4.79 Å². The first-order valence-corrected chi connectivity index (χ1v) is 12.1. The first kappa shape index (κ1) is 16.9. The second kappa shape index (κ2) is 5.30. The van der Waals surface area contributed by atoms with E-state index in [-0.39, 0.29) is 9.74 Å². The van der Waals surface area contributed by atoms with Crippen LogP contribution in [0.15, 0.2) is 0 Å². The van der Waals surface area contributed by atoms with E-state index >= 15 is 0 Å². The number of carbonyl (C=O) groups is 1. The van der Waals surface area contributed by atoms with Crippen LogP contribution in [-0.4, -0.2) is 16.3 Å². The lowest BCUT2D eigenvalue weighted by molar-refractivity contribution is -0.148. The van der Waals surface area contributed by atoms with Gasteiger partial charge in [-0.15, -0.1) is 0 Å². The molecule has 0 heterocycles. The Labute approximate surface area is 166 Å². The maximum atomic E-state index is 13.6. The molecular formula is C23H34BrNO. The molecule has 0 aromatic heterocycles. The molecule has 0 radical (unpaired) electrons. The van der Waals surface area contributed by atoms with Crippen LogP contribution >= 0.6 is 15.9 Å². The third-order valence-electron chi connectivity index (χ3n) is 9.82. The minimum Gasteiger partial charge on any atom is -0.353 e. The minimum absolute atomic E-state index is 0.0515. The fraction of sp³-hybridized carbons (Fsp3) is 0.957. The van der Waals surface area contributed by atoms with Crippen molar-refractivity contribution >= 4 is 21.8 Å². The molecule has 2 nitrogen and oxygen atoms in total. The zero-order valence-corrected chi connectivity index (χ0v) is 17.8. The number of alkyl halides is 1. The molecule has 8 bridgehead atoms. The molecule has 1 amide bonds. The van der Waals surface area contributed by atoms with E-state index in [0.29, 0.717) is 17.4 Å². The highest BCUT2D eigenvalue weighted by atomic mass is 79.9. The Balaban J connectivity index is 1.22. The number of hydrogen-bond donors (Lipinski definition) is 1. The summed E-state index contributed by atoms with van der Waals surface area (Å²) in [5.74, 6) is 4.90. The third-order valence-corrected chi connectivity index (χ3v) is 10.8. The summed E-state index contributed by atoms with van der Waals surface area (Å²) in [6, 6.07) is 0.377. The quantitative estimate of drug-likeness (QED) is 0.605. The standard InChI is InChI=1S/C23H34BrNO/c1-14(21-6-15-2-16(7-21)4-17(3-15)8-21)25-20(26)22-9-18-5-19(10-22)12-23(24,11-18)13-22/h14-19H,2-13H2,1H3,(H,25,26)/t14-,15?,16?,17?,18-,19+,21?,22?,23?/m0/s1. The highest BCUT2D eigenvalue weighted by Gasteiger charge is 2.60. The van der Waals surface area contributed by atoms with Gasteiger partial charge in [-0.25, -0.2) is 0 Å². The van der Waals surface area contributed by atoms with Crippen molar-refractivity contribution < 1.29 is 4.79 Å². The smallest absolute Gasteiger partial charge is 0.226 e. The fourth-order valence-electron chi connectivity index (χ4n) is 9.63. The summed E-state index contributed by atoms with van der Waals surface area (Å²) < 4.78 is 0.276. The summed E-state index contributed by atoms with van der Waals surface area (Å²) in [6.07, 6.45) is 16.0. The second-order valence-electron chi connectivity index (χ2n) is 11.9. The van der Waals surface area contributed by atoms with Gasteiger partial charge in [0.25, 0.3) is 0 Å². The van der Waals surface area contributed by atoms with Gasteiger partial charge in [0.05, 0.1) is 5.41 Å². The predicted octanol–water partition coefficient (Wildman–Crippen LogP) is 5.44. The number of amides is 1. The van der Waals surface area contributed by atoms with E-state index in [0.717, 1.165) is 48.9 Å². The highest BCUT2D eigenvalue weighted by Crippen LogP contribution is 2.65. The van der Waals surface area contributed by atoms with E-state index in [9.17, 15) is 4.79 Å². The fourth-order valence-corrected chi connectivity index (χ4v) is 11.1. The van der Waals surface area contributed by atoms with Gasteiger partial charge in [0.1, 0.15) is 0 Å². The summed E-state index contributed by atoms with van der Waals surface area (Å²) in [7, 11) is 0. The molecule has 1 N–H and O–H groups in total. The lowest BCUT2D eigenvalue weighted by Crippen LogP contribution is -2.62. The van der Waals surface area contributed by atoms with E-state index < -0.39 is 0 Å². The topological polar surface area (TPSA) is 29.1 Å². The highest BCUT2D eigenvalue weighted by molar-refractivity contribution is 9.10. The van der Waals surface area contributed by atoms with Crippen LogP contribution in [0.5, 0.6) is 0 Å². The molecule has 3 heteroatoms. The van der Waals surface area contributed by atoms with E-state index in [1.807, 2.05) is 0 Å². The Hall–Kier alpha value is -0.0500. The zero-order chi connectivity index (χ0) is 17.7. The molecule has 8 aliphatic carbocycles. The predicted molar refractivity (Wildman–Crippen MR) is 107 cm³/mol. The van der Waals surface area contributed by atoms with Gasteiger partial charge in [0.2, 0.25) is 5.91 Å². The Morgan fingerprint density at radius 1 is 0.846 bits per heavy atom. The second-order valence-corrected chi connectivity index (χ2v) is 13.5. The van der Waals surface area contributed by atoms with Crippen LogP contribution in [0.1, 0.15) is 84.0 Å². The van der Waals surface area contributed by atoms with Crippen molar-refractivity contribution in [2.24, 2.45) is 40.4 Å². The van der Waals surface area contributed by atoms with Gasteiger partial charge in [0.15, 0.2) is 0 Å². The number of halogens is 1. The van der Waals surface area contributed by atoms with E-state index in [1.54, 1.807) is 0 Å². The molecule has 0 aliphatic heterocycles. The van der Waals surface area contributed by atoms with E-state index in [2.05, 4.69) is 28.2 Å². The molecule has 0 aromatic rings. The monoisotopic (exact) mass is 419 g/mol. The van der Waals surface area contributed by atoms with Crippen molar-refractivity contribution in [1.29, 1.82) is 0 Å². The van der Waals surface area contributed by atoms with Gasteiger partial charge in [-0.05, 0) is 119 Å². The van der Waals surface area contributed by atoms with Crippen LogP contribution in [0.2, 0.25) is 0 Å². The molecule has 0 spiro atoms. The Kier molecular flexibility index (Phi) is 3.44.